The van der Waals surface area contributed by atoms with Crippen LogP contribution in [0.4, 0.5) is 21.7 Å². The SMILES string of the molecule is Cc1ccc(-c2c[nH]cc(N(F)c3ccc(-c4cc(-c5ccnc(C)c5)cnc4N)cc3)c2=O)cc1. The summed E-state index contributed by atoms with van der Waals surface area (Å²) in [6.07, 6.45) is 6.41. The van der Waals surface area contributed by atoms with Gasteiger partial charge in [0.15, 0.2) is 0 Å². The highest BCUT2D eigenvalue weighted by Crippen LogP contribution is 2.32. The summed E-state index contributed by atoms with van der Waals surface area (Å²) in [6, 6.07) is 20.1. The van der Waals surface area contributed by atoms with Crippen LogP contribution >= 0.6 is 0 Å². The standard InChI is InChI=1S/C29H24FN5O/c1-18-3-5-21(6-4-18)26-16-32-17-27(28(26)36)35(30)24-9-7-20(8-10-24)25-14-23(15-34-29(25)31)22-11-12-33-19(2)13-22/h3-17H,1-2H3,(H2,31,34)(H,32,36). The molecule has 0 aliphatic rings. The molecule has 3 N–H and O–H groups in total. The first-order valence-corrected chi connectivity index (χ1v) is 11.4. The number of aromatic amines is 1. The fraction of sp³-hybridized carbons (Fsp3) is 0.0690. The van der Waals surface area contributed by atoms with E-state index < -0.39 is 5.43 Å². The number of aromatic nitrogens is 3. The molecule has 0 atom stereocenters. The molecule has 36 heavy (non-hydrogen) atoms. The highest BCUT2D eigenvalue weighted by molar-refractivity contribution is 5.80. The average Bonchev–Trinajstić information content (AvgIpc) is 2.89. The summed E-state index contributed by atoms with van der Waals surface area (Å²) in [5.74, 6) is 0.372. The number of nitrogens with zero attached hydrogens (tertiary/aromatic N) is 3. The third-order valence-corrected chi connectivity index (χ3v) is 6.05. The Hall–Kier alpha value is -4.78. The van der Waals surface area contributed by atoms with Crippen LogP contribution in [-0.2, 0) is 0 Å². The van der Waals surface area contributed by atoms with Crippen LogP contribution in [0.25, 0.3) is 33.4 Å². The first kappa shape index (κ1) is 23.0. The van der Waals surface area contributed by atoms with E-state index in [2.05, 4.69) is 15.0 Å². The van der Waals surface area contributed by atoms with Crippen molar-refractivity contribution < 1.29 is 4.48 Å². The maximum absolute atomic E-state index is 15.4. The van der Waals surface area contributed by atoms with Gasteiger partial charge in [-0.2, -0.15) is 5.12 Å². The predicted molar refractivity (Wildman–Crippen MR) is 143 cm³/mol. The smallest absolute Gasteiger partial charge is 0.215 e. The Bertz CT molecular complexity index is 1590. The van der Waals surface area contributed by atoms with Crippen molar-refractivity contribution in [2.45, 2.75) is 13.8 Å². The molecule has 2 aromatic carbocycles. The summed E-state index contributed by atoms with van der Waals surface area (Å²) in [5, 5.41) is 0.387. The van der Waals surface area contributed by atoms with Gasteiger partial charge in [-0.05, 0) is 60.9 Å². The van der Waals surface area contributed by atoms with Crippen molar-refractivity contribution in [2.24, 2.45) is 0 Å². The average molecular weight is 478 g/mol. The maximum atomic E-state index is 15.4. The van der Waals surface area contributed by atoms with Crippen LogP contribution in [-0.4, -0.2) is 15.0 Å². The molecule has 0 saturated heterocycles. The Labute approximate surface area is 207 Å². The summed E-state index contributed by atoms with van der Waals surface area (Å²) in [6.45, 7) is 3.90. The molecule has 0 spiro atoms. The topological polar surface area (TPSA) is 87.9 Å². The Balaban J connectivity index is 1.46. The van der Waals surface area contributed by atoms with E-state index >= 15 is 4.48 Å². The summed E-state index contributed by atoms with van der Waals surface area (Å²) in [5.41, 5.74) is 12.4. The molecule has 0 bridgehead atoms. The lowest BCUT2D eigenvalue weighted by atomic mass is 10.0. The van der Waals surface area contributed by atoms with Gasteiger partial charge in [0.05, 0.1) is 5.69 Å². The van der Waals surface area contributed by atoms with Crippen molar-refractivity contribution in [3.63, 3.8) is 0 Å². The monoisotopic (exact) mass is 477 g/mol. The highest BCUT2D eigenvalue weighted by atomic mass is 19.2. The summed E-state index contributed by atoms with van der Waals surface area (Å²) in [4.78, 5) is 24.5. The van der Waals surface area contributed by atoms with Gasteiger partial charge in [0, 0.05) is 47.2 Å². The molecule has 5 rings (SSSR count). The molecule has 0 unspecified atom stereocenters. The van der Waals surface area contributed by atoms with Gasteiger partial charge in [-0.3, -0.25) is 9.78 Å². The number of nitrogens with one attached hydrogen (secondary N) is 1. The highest BCUT2D eigenvalue weighted by Gasteiger charge is 2.16. The van der Waals surface area contributed by atoms with Crippen molar-refractivity contribution in [1.82, 2.24) is 15.0 Å². The van der Waals surface area contributed by atoms with E-state index in [0.717, 1.165) is 39.1 Å². The minimum absolute atomic E-state index is 0.0999. The number of nitrogens with two attached hydrogens (primary N) is 1. The molecule has 0 saturated carbocycles. The van der Waals surface area contributed by atoms with E-state index in [4.69, 9.17) is 5.73 Å². The predicted octanol–water partition coefficient (Wildman–Crippen LogP) is 6.39. The lowest BCUT2D eigenvalue weighted by Gasteiger charge is -2.15. The van der Waals surface area contributed by atoms with E-state index in [1.54, 1.807) is 42.9 Å². The van der Waals surface area contributed by atoms with E-state index in [1.807, 2.05) is 56.3 Å². The zero-order valence-electron chi connectivity index (χ0n) is 19.9. The van der Waals surface area contributed by atoms with Crippen molar-refractivity contribution in [2.75, 3.05) is 10.9 Å². The van der Waals surface area contributed by atoms with E-state index in [1.165, 1.54) is 6.20 Å². The van der Waals surface area contributed by atoms with Gasteiger partial charge in [-0.1, -0.05) is 46.4 Å². The number of pyridine rings is 3. The molecule has 178 valence electrons. The van der Waals surface area contributed by atoms with Crippen LogP contribution in [0, 0.1) is 13.8 Å². The van der Waals surface area contributed by atoms with E-state index in [-0.39, 0.29) is 11.4 Å². The van der Waals surface area contributed by atoms with Crippen molar-refractivity contribution in [1.29, 1.82) is 0 Å². The Morgan fingerprint density at radius 2 is 1.50 bits per heavy atom. The number of nitrogen functional groups attached to an aromatic ring is 1. The van der Waals surface area contributed by atoms with Crippen LogP contribution in [0.5, 0.6) is 0 Å². The van der Waals surface area contributed by atoms with Crippen LogP contribution in [0.2, 0.25) is 0 Å². The molecule has 3 aromatic heterocycles. The zero-order valence-corrected chi connectivity index (χ0v) is 19.9. The second-order valence-electron chi connectivity index (χ2n) is 8.62. The van der Waals surface area contributed by atoms with E-state index in [0.29, 0.717) is 16.5 Å². The molecular formula is C29H24FN5O. The second kappa shape index (κ2) is 9.46. The number of hydrogen-bond donors (Lipinski definition) is 2. The van der Waals surface area contributed by atoms with Crippen molar-refractivity contribution in [3.8, 4) is 33.4 Å². The number of rotatable bonds is 5. The van der Waals surface area contributed by atoms with Gasteiger partial charge in [-0.15, -0.1) is 0 Å². The quantitative estimate of drug-likeness (QED) is 0.287. The normalized spacial score (nSPS) is 10.9. The Morgan fingerprint density at radius 3 is 2.22 bits per heavy atom. The third-order valence-electron chi connectivity index (χ3n) is 6.05. The van der Waals surface area contributed by atoms with Crippen LogP contribution in [0.3, 0.4) is 0 Å². The van der Waals surface area contributed by atoms with Gasteiger partial charge in [0.25, 0.3) is 0 Å². The van der Waals surface area contributed by atoms with E-state index in [9.17, 15) is 4.79 Å². The molecule has 3 heterocycles. The molecule has 0 aliphatic carbocycles. The first-order chi connectivity index (χ1) is 17.4. The minimum atomic E-state index is -0.405. The van der Waals surface area contributed by atoms with Gasteiger partial charge < -0.3 is 10.7 Å². The molecule has 0 amide bonds. The fourth-order valence-corrected chi connectivity index (χ4v) is 4.07. The number of H-pyrrole nitrogens is 1. The minimum Gasteiger partial charge on any atom is -0.383 e. The second-order valence-corrected chi connectivity index (χ2v) is 8.62. The molecule has 0 fully saturated rings. The lowest BCUT2D eigenvalue weighted by Crippen LogP contribution is -2.16. The third kappa shape index (κ3) is 4.46. The number of benzene rings is 2. The first-order valence-electron chi connectivity index (χ1n) is 11.4. The number of aryl methyl sites for hydroxylation is 2. The Kier molecular flexibility index (Phi) is 6.04. The van der Waals surface area contributed by atoms with Crippen molar-refractivity contribution >= 4 is 17.2 Å². The summed E-state index contributed by atoms with van der Waals surface area (Å²) < 4.78 is 15.4. The largest absolute Gasteiger partial charge is 0.383 e. The summed E-state index contributed by atoms with van der Waals surface area (Å²) in [7, 11) is 0. The molecule has 0 aliphatic heterocycles. The number of anilines is 3. The molecule has 5 aromatic rings. The van der Waals surface area contributed by atoms with Crippen LogP contribution in [0.1, 0.15) is 11.3 Å². The molecule has 6 nitrogen and oxygen atoms in total. The Morgan fingerprint density at radius 1 is 0.806 bits per heavy atom. The van der Waals surface area contributed by atoms with Gasteiger partial charge >= 0.3 is 0 Å². The maximum Gasteiger partial charge on any atom is 0.215 e. The zero-order chi connectivity index (χ0) is 25.2. The van der Waals surface area contributed by atoms with Gasteiger partial charge in [0.1, 0.15) is 11.5 Å². The fourth-order valence-electron chi connectivity index (χ4n) is 4.07. The van der Waals surface area contributed by atoms with Crippen LogP contribution < -0.4 is 16.3 Å². The number of halogens is 1. The summed E-state index contributed by atoms with van der Waals surface area (Å²) >= 11 is 0. The van der Waals surface area contributed by atoms with Crippen LogP contribution in [0.15, 0.2) is 96.3 Å². The molecular weight excluding hydrogens is 453 g/mol. The van der Waals surface area contributed by atoms with Crippen molar-refractivity contribution in [3.05, 3.63) is 113 Å². The molecule has 7 heteroatoms. The van der Waals surface area contributed by atoms with Gasteiger partial charge in [-0.25, -0.2) is 4.98 Å². The van der Waals surface area contributed by atoms with Gasteiger partial charge in [0.2, 0.25) is 5.43 Å². The molecule has 0 radical (unpaired) electrons. The number of hydrogen-bond acceptors (Lipinski definition) is 5. The lowest BCUT2D eigenvalue weighted by molar-refractivity contribution is 0.503.